The average molecular weight is 247 g/mol. The molecule has 2 heterocycles. The lowest BCUT2D eigenvalue weighted by molar-refractivity contribution is 0.615. The summed E-state index contributed by atoms with van der Waals surface area (Å²) in [5, 5.41) is 2.45. The second-order valence-corrected chi connectivity index (χ2v) is 4.80. The largest absolute Gasteiger partial charge is 0.464 e. The molecule has 0 saturated heterocycles. The fourth-order valence-corrected chi connectivity index (χ4v) is 2.59. The van der Waals surface area contributed by atoms with Gasteiger partial charge in [-0.3, -0.25) is 0 Å². The van der Waals surface area contributed by atoms with Gasteiger partial charge in [-0.05, 0) is 41.3 Å². The van der Waals surface area contributed by atoms with Crippen LogP contribution in [0.25, 0.3) is 21.9 Å². The molecular weight excluding hydrogens is 234 g/mol. The van der Waals surface area contributed by atoms with Crippen molar-refractivity contribution in [1.82, 2.24) is 4.57 Å². The van der Waals surface area contributed by atoms with Gasteiger partial charge in [-0.25, -0.2) is 0 Å². The predicted octanol–water partition coefficient (Wildman–Crippen LogP) is 4.44. The topological polar surface area (TPSA) is 18.1 Å². The zero-order valence-corrected chi connectivity index (χ0v) is 10.4. The van der Waals surface area contributed by atoms with E-state index in [2.05, 4.69) is 53.2 Å². The molecule has 2 aromatic heterocycles. The first-order valence-corrected chi connectivity index (χ1v) is 6.40. The number of rotatable bonds is 2. The first-order valence-electron chi connectivity index (χ1n) is 6.40. The molecule has 0 fully saturated rings. The molecule has 4 rings (SSSR count). The Kier molecular flexibility index (Phi) is 2.21. The minimum atomic E-state index is 0.884. The van der Waals surface area contributed by atoms with Gasteiger partial charge in [-0.2, -0.15) is 0 Å². The zero-order valence-electron chi connectivity index (χ0n) is 10.4. The summed E-state index contributed by atoms with van der Waals surface area (Å²) in [5.74, 6) is 0. The SMILES string of the molecule is c1ccc2c(c1)ccn2Cc1ccc2occc2c1. The zero-order chi connectivity index (χ0) is 12.7. The minimum absolute atomic E-state index is 0.884. The van der Waals surface area contributed by atoms with Crippen LogP contribution in [0.1, 0.15) is 5.56 Å². The van der Waals surface area contributed by atoms with Gasteiger partial charge in [-0.15, -0.1) is 0 Å². The second-order valence-electron chi connectivity index (χ2n) is 4.80. The van der Waals surface area contributed by atoms with Crippen LogP contribution in [0.3, 0.4) is 0 Å². The van der Waals surface area contributed by atoms with E-state index in [0.717, 1.165) is 17.5 Å². The number of hydrogen-bond acceptors (Lipinski definition) is 1. The highest BCUT2D eigenvalue weighted by molar-refractivity contribution is 5.80. The van der Waals surface area contributed by atoms with Gasteiger partial charge in [0.2, 0.25) is 0 Å². The maximum atomic E-state index is 5.37. The van der Waals surface area contributed by atoms with Crippen LogP contribution < -0.4 is 0 Å². The van der Waals surface area contributed by atoms with Gasteiger partial charge in [0.25, 0.3) is 0 Å². The molecule has 0 amide bonds. The Morgan fingerprint density at radius 1 is 0.895 bits per heavy atom. The van der Waals surface area contributed by atoms with Crippen molar-refractivity contribution in [2.75, 3.05) is 0 Å². The van der Waals surface area contributed by atoms with Crippen molar-refractivity contribution in [2.24, 2.45) is 0 Å². The van der Waals surface area contributed by atoms with Gasteiger partial charge in [-0.1, -0.05) is 24.3 Å². The molecule has 0 N–H and O–H groups in total. The predicted molar refractivity (Wildman–Crippen MR) is 77.3 cm³/mol. The summed E-state index contributed by atoms with van der Waals surface area (Å²) in [6.45, 7) is 0.884. The van der Waals surface area contributed by atoms with E-state index in [1.165, 1.54) is 16.5 Å². The van der Waals surface area contributed by atoms with Crippen LogP contribution in [0.15, 0.2) is 71.5 Å². The molecule has 0 atom stereocenters. The van der Waals surface area contributed by atoms with Crippen molar-refractivity contribution in [3.63, 3.8) is 0 Å². The third kappa shape index (κ3) is 1.73. The Hall–Kier alpha value is -2.48. The van der Waals surface area contributed by atoms with E-state index in [4.69, 9.17) is 4.42 Å². The van der Waals surface area contributed by atoms with E-state index in [1.54, 1.807) is 6.26 Å². The van der Waals surface area contributed by atoms with E-state index in [1.807, 2.05) is 12.1 Å². The number of furan rings is 1. The first-order chi connectivity index (χ1) is 9.40. The molecule has 0 aliphatic heterocycles. The third-order valence-electron chi connectivity index (χ3n) is 3.55. The molecule has 4 aromatic rings. The Morgan fingerprint density at radius 2 is 1.84 bits per heavy atom. The summed E-state index contributed by atoms with van der Waals surface area (Å²) in [6.07, 6.45) is 3.88. The Balaban J connectivity index is 1.77. The highest BCUT2D eigenvalue weighted by Gasteiger charge is 2.03. The summed E-state index contributed by atoms with van der Waals surface area (Å²) in [6, 6.07) is 19.0. The van der Waals surface area contributed by atoms with Crippen LogP contribution >= 0.6 is 0 Å². The molecule has 19 heavy (non-hydrogen) atoms. The smallest absolute Gasteiger partial charge is 0.133 e. The summed E-state index contributed by atoms with van der Waals surface area (Å²) in [7, 11) is 0. The summed E-state index contributed by atoms with van der Waals surface area (Å²) >= 11 is 0. The quantitative estimate of drug-likeness (QED) is 0.512. The minimum Gasteiger partial charge on any atom is -0.464 e. The Morgan fingerprint density at radius 3 is 2.84 bits per heavy atom. The van der Waals surface area contributed by atoms with Gasteiger partial charge in [0.1, 0.15) is 5.58 Å². The number of hydrogen-bond donors (Lipinski definition) is 0. The molecule has 0 saturated carbocycles. The van der Waals surface area contributed by atoms with Crippen molar-refractivity contribution in [3.05, 3.63) is 72.6 Å². The van der Waals surface area contributed by atoms with Gasteiger partial charge in [0.05, 0.1) is 6.26 Å². The summed E-state index contributed by atoms with van der Waals surface area (Å²) in [4.78, 5) is 0. The standard InChI is InChI=1S/C17H13NO/c1-2-4-16-14(3-1)7-9-18(16)12-13-5-6-17-15(11-13)8-10-19-17/h1-11H,12H2. The van der Waals surface area contributed by atoms with Crippen molar-refractivity contribution >= 4 is 21.9 Å². The van der Waals surface area contributed by atoms with E-state index >= 15 is 0 Å². The molecule has 0 bridgehead atoms. The number of para-hydroxylation sites is 1. The number of nitrogens with zero attached hydrogens (tertiary/aromatic N) is 1. The van der Waals surface area contributed by atoms with E-state index in [9.17, 15) is 0 Å². The molecule has 0 unspecified atom stereocenters. The van der Waals surface area contributed by atoms with Gasteiger partial charge < -0.3 is 8.98 Å². The molecular formula is C17H13NO. The van der Waals surface area contributed by atoms with Crippen LogP contribution in [0.4, 0.5) is 0 Å². The normalized spacial score (nSPS) is 11.4. The molecule has 0 aliphatic rings. The molecule has 92 valence electrons. The van der Waals surface area contributed by atoms with Gasteiger partial charge >= 0.3 is 0 Å². The van der Waals surface area contributed by atoms with E-state index in [-0.39, 0.29) is 0 Å². The summed E-state index contributed by atoms with van der Waals surface area (Å²) < 4.78 is 7.65. The van der Waals surface area contributed by atoms with Crippen LogP contribution in [-0.2, 0) is 6.54 Å². The van der Waals surface area contributed by atoms with Crippen molar-refractivity contribution in [2.45, 2.75) is 6.54 Å². The Labute approximate surface area is 110 Å². The molecule has 2 nitrogen and oxygen atoms in total. The van der Waals surface area contributed by atoms with E-state index < -0.39 is 0 Å². The monoisotopic (exact) mass is 247 g/mol. The van der Waals surface area contributed by atoms with Crippen molar-refractivity contribution in [3.8, 4) is 0 Å². The molecule has 0 radical (unpaired) electrons. The number of benzene rings is 2. The van der Waals surface area contributed by atoms with E-state index in [0.29, 0.717) is 0 Å². The highest BCUT2D eigenvalue weighted by Crippen LogP contribution is 2.20. The number of aromatic nitrogens is 1. The molecule has 0 aliphatic carbocycles. The lowest BCUT2D eigenvalue weighted by atomic mass is 10.1. The molecule has 2 aromatic carbocycles. The maximum Gasteiger partial charge on any atom is 0.133 e. The maximum absolute atomic E-state index is 5.37. The average Bonchev–Trinajstić information content (AvgIpc) is 3.06. The Bertz CT molecular complexity index is 854. The van der Waals surface area contributed by atoms with Crippen LogP contribution in [0.5, 0.6) is 0 Å². The molecule has 2 heteroatoms. The lowest BCUT2D eigenvalue weighted by Gasteiger charge is -2.05. The fraction of sp³-hybridized carbons (Fsp3) is 0.0588. The third-order valence-corrected chi connectivity index (χ3v) is 3.55. The fourth-order valence-electron chi connectivity index (χ4n) is 2.59. The highest BCUT2D eigenvalue weighted by atomic mass is 16.3. The van der Waals surface area contributed by atoms with Crippen molar-refractivity contribution < 1.29 is 4.42 Å². The number of fused-ring (bicyclic) bond motifs is 2. The van der Waals surface area contributed by atoms with Gasteiger partial charge in [0.15, 0.2) is 0 Å². The van der Waals surface area contributed by atoms with Crippen molar-refractivity contribution in [1.29, 1.82) is 0 Å². The van der Waals surface area contributed by atoms with Gasteiger partial charge in [0, 0.05) is 23.6 Å². The first kappa shape index (κ1) is 10.4. The lowest BCUT2D eigenvalue weighted by Crippen LogP contribution is -1.97. The molecule has 0 spiro atoms. The second kappa shape index (κ2) is 4.02. The van der Waals surface area contributed by atoms with Crippen LogP contribution in [0.2, 0.25) is 0 Å². The van der Waals surface area contributed by atoms with Crippen LogP contribution in [-0.4, -0.2) is 4.57 Å². The summed E-state index contributed by atoms with van der Waals surface area (Å²) in [5.41, 5.74) is 3.51. The van der Waals surface area contributed by atoms with Crippen LogP contribution in [0, 0.1) is 0 Å².